The van der Waals surface area contributed by atoms with Gasteiger partial charge in [-0.2, -0.15) is 0 Å². The summed E-state index contributed by atoms with van der Waals surface area (Å²) in [6.07, 6.45) is 2.60. The van der Waals surface area contributed by atoms with Crippen molar-refractivity contribution < 1.29 is 9.59 Å². The highest BCUT2D eigenvalue weighted by Gasteiger charge is 2.23. The van der Waals surface area contributed by atoms with Crippen LogP contribution in [0.1, 0.15) is 36.9 Å². The number of urea groups is 1. The molecule has 150 valence electrons. The van der Waals surface area contributed by atoms with Crippen LogP contribution < -0.4 is 21.7 Å². The van der Waals surface area contributed by atoms with Crippen molar-refractivity contribution >= 4 is 30.0 Å². The zero-order valence-corrected chi connectivity index (χ0v) is 16.7. The van der Waals surface area contributed by atoms with E-state index in [9.17, 15) is 9.59 Å². The first-order valence-corrected chi connectivity index (χ1v) is 9.28. The zero-order valence-electron chi connectivity index (χ0n) is 15.9. The van der Waals surface area contributed by atoms with Crippen LogP contribution in [-0.2, 0) is 11.2 Å². The summed E-state index contributed by atoms with van der Waals surface area (Å²) >= 11 is 0. The van der Waals surface area contributed by atoms with E-state index in [0.29, 0.717) is 12.5 Å². The van der Waals surface area contributed by atoms with Crippen molar-refractivity contribution in [3.8, 4) is 0 Å². The van der Waals surface area contributed by atoms with Gasteiger partial charge in [0.15, 0.2) is 0 Å². The minimum Gasteiger partial charge on any atom is -0.348 e. The standard InChI is InChI=1S/C21H26N4O2.ClH/c1-14(23-20(26)19(22)13-15-5-3-2-4-6-15)16-7-9-17(10-8-16)24-21(27)25-18-11-12-18;/h2-10,14,18-19H,11-13,22H2,1H3,(H,23,26)(H2,24,25,27);1H/t14?,19-;/m0./s1. The van der Waals surface area contributed by atoms with Crippen LogP contribution in [0.2, 0.25) is 0 Å². The van der Waals surface area contributed by atoms with Crippen molar-refractivity contribution in [2.75, 3.05) is 5.32 Å². The number of carbonyl (C=O) groups excluding carboxylic acids is 2. The molecule has 2 atom stereocenters. The summed E-state index contributed by atoms with van der Waals surface area (Å²) < 4.78 is 0. The van der Waals surface area contributed by atoms with Crippen molar-refractivity contribution in [3.63, 3.8) is 0 Å². The fourth-order valence-corrected chi connectivity index (χ4v) is 2.80. The molecule has 1 unspecified atom stereocenters. The molecule has 2 aromatic carbocycles. The summed E-state index contributed by atoms with van der Waals surface area (Å²) in [4.78, 5) is 24.1. The Morgan fingerprint density at radius 2 is 1.71 bits per heavy atom. The Morgan fingerprint density at radius 1 is 1.07 bits per heavy atom. The van der Waals surface area contributed by atoms with Gasteiger partial charge in [-0.3, -0.25) is 4.79 Å². The summed E-state index contributed by atoms with van der Waals surface area (Å²) in [5, 5.41) is 8.63. The molecule has 1 fully saturated rings. The van der Waals surface area contributed by atoms with Gasteiger partial charge in [0.25, 0.3) is 0 Å². The van der Waals surface area contributed by atoms with Crippen LogP contribution in [0.3, 0.4) is 0 Å². The second-order valence-corrected chi connectivity index (χ2v) is 7.02. The molecule has 5 N–H and O–H groups in total. The maximum absolute atomic E-state index is 12.4. The Morgan fingerprint density at radius 3 is 2.32 bits per heavy atom. The Bertz CT molecular complexity index is 779. The minimum absolute atomic E-state index is 0. The summed E-state index contributed by atoms with van der Waals surface area (Å²) in [5.41, 5.74) is 8.73. The van der Waals surface area contributed by atoms with Gasteiger partial charge in [-0.1, -0.05) is 42.5 Å². The molecule has 6 nitrogen and oxygen atoms in total. The van der Waals surface area contributed by atoms with E-state index in [2.05, 4.69) is 16.0 Å². The maximum atomic E-state index is 12.4. The predicted molar refractivity (Wildman–Crippen MR) is 114 cm³/mol. The maximum Gasteiger partial charge on any atom is 0.319 e. The zero-order chi connectivity index (χ0) is 19.2. The quantitative estimate of drug-likeness (QED) is 0.572. The van der Waals surface area contributed by atoms with Gasteiger partial charge in [0, 0.05) is 11.7 Å². The molecule has 1 aliphatic carbocycles. The number of hydrogen-bond acceptors (Lipinski definition) is 3. The monoisotopic (exact) mass is 402 g/mol. The molecule has 3 rings (SSSR count). The van der Waals surface area contributed by atoms with Crippen LogP contribution in [0.4, 0.5) is 10.5 Å². The molecule has 1 aliphatic rings. The van der Waals surface area contributed by atoms with Crippen LogP contribution in [0.5, 0.6) is 0 Å². The first-order chi connectivity index (χ1) is 13.0. The highest BCUT2D eigenvalue weighted by Crippen LogP contribution is 2.19. The van der Waals surface area contributed by atoms with E-state index in [4.69, 9.17) is 5.73 Å². The lowest BCUT2D eigenvalue weighted by Crippen LogP contribution is -2.42. The van der Waals surface area contributed by atoms with E-state index >= 15 is 0 Å². The molecule has 1 saturated carbocycles. The molecular formula is C21H27ClN4O2. The Hall–Kier alpha value is -2.57. The average molecular weight is 403 g/mol. The van der Waals surface area contributed by atoms with Crippen LogP contribution in [0.25, 0.3) is 0 Å². The summed E-state index contributed by atoms with van der Waals surface area (Å²) in [6, 6.07) is 16.5. The summed E-state index contributed by atoms with van der Waals surface area (Å²) in [5.74, 6) is -0.183. The number of nitrogens with two attached hydrogens (primary N) is 1. The third-order valence-electron chi connectivity index (χ3n) is 4.58. The second-order valence-electron chi connectivity index (χ2n) is 7.02. The molecule has 0 spiro atoms. The highest BCUT2D eigenvalue weighted by atomic mass is 35.5. The van der Waals surface area contributed by atoms with Gasteiger partial charge in [-0.25, -0.2) is 4.79 Å². The lowest BCUT2D eigenvalue weighted by Gasteiger charge is -2.18. The van der Waals surface area contributed by atoms with Gasteiger partial charge in [-0.15, -0.1) is 12.4 Å². The molecule has 0 bridgehead atoms. The van der Waals surface area contributed by atoms with E-state index in [1.54, 1.807) is 0 Å². The summed E-state index contributed by atoms with van der Waals surface area (Å²) in [6.45, 7) is 1.91. The first kappa shape index (κ1) is 21.7. The Labute approximate surface area is 171 Å². The fraction of sp³-hybridized carbons (Fsp3) is 0.333. The number of carbonyl (C=O) groups is 2. The molecular weight excluding hydrogens is 376 g/mol. The van der Waals surface area contributed by atoms with E-state index in [0.717, 1.165) is 29.7 Å². The lowest BCUT2D eigenvalue weighted by molar-refractivity contribution is -0.123. The number of rotatable bonds is 7. The van der Waals surface area contributed by atoms with Crippen molar-refractivity contribution in [2.45, 2.75) is 44.3 Å². The minimum atomic E-state index is -0.595. The molecule has 28 heavy (non-hydrogen) atoms. The molecule has 7 heteroatoms. The molecule has 0 radical (unpaired) electrons. The van der Waals surface area contributed by atoms with Gasteiger partial charge >= 0.3 is 6.03 Å². The van der Waals surface area contributed by atoms with Gasteiger partial charge < -0.3 is 21.7 Å². The molecule has 0 saturated heterocycles. The summed E-state index contributed by atoms with van der Waals surface area (Å²) in [7, 11) is 0. The van der Waals surface area contributed by atoms with E-state index in [1.807, 2.05) is 61.5 Å². The third-order valence-corrected chi connectivity index (χ3v) is 4.58. The SMILES string of the molecule is CC(NC(=O)[C@@H](N)Cc1ccccc1)c1ccc(NC(=O)NC2CC2)cc1.Cl. The van der Waals surface area contributed by atoms with E-state index < -0.39 is 6.04 Å². The van der Waals surface area contributed by atoms with Crippen molar-refractivity contribution in [1.82, 2.24) is 10.6 Å². The van der Waals surface area contributed by atoms with Crippen molar-refractivity contribution in [2.24, 2.45) is 5.73 Å². The van der Waals surface area contributed by atoms with Crippen LogP contribution in [0, 0.1) is 0 Å². The smallest absolute Gasteiger partial charge is 0.319 e. The number of nitrogens with one attached hydrogen (secondary N) is 3. The molecule has 3 amide bonds. The molecule has 0 aromatic heterocycles. The number of benzene rings is 2. The predicted octanol–water partition coefficient (Wildman–Crippen LogP) is 3.14. The van der Waals surface area contributed by atoms with Gasteiger partial charge in [0.05, 0.1) is 12.1 Å². The normalized spacial score (nSPS) is 14.9. The lowest BCUT2D eigenvalue weighted by atomic mass is 10.0. The van der Waals surface area contributed by atoms with E-state index in [1.165, 1.54) is 0 Å². The molecule has 0 heterocycles. The number of hydrogen-bond donors (Lipinski definition) is 4. The average Bonchev–Trinajstić information content (AvgIpc) is 3.46. The number of amides is 3. The number of anilines is 1. The van der Waals surface area contributed by atoms with Crippen LogP contribution in [0.15, 0.2) is 54.6 Å². The molecule has 0 aliphatic heterocycles. The van der Waals surface area contributed by atoms with Crippen LogP contribution in [-0.4, -0.2) is 24.0 Å². The topological polar surface area (TPSA) is 96.2 Å². The highest BCUT2D eigenvalue weighted by molar-refractivity contribution is 5.89. The fourth-order valence-electron chi connectivity index (χ4n) is 2.80. The van der Waals surface area contributed by atoms with Crippen molar-refractivity contribution in [3.05, 3.63) is 65.7 Å². The largest absolute Gasteiger partial charge is 0.348 e. The molecule has 2 aromatic rings. The second kappa shape index (κ2) is 10.1. The third kappa shape index (κ3) is 6.55. The van der Waals surface area contributed by atoms with Crippen molar-refractivity contribution in [1.29, 1.82) is 0 Å². The Balaban J connectivity index is 0.00000280. The van der Waals surface area contributed by atoms with E-state index in [-0.39, 0.29) is 30.4 Å². The van der Waals surface area contributed by atoms with Crippen LogP contribution >= 0.6 is 12.4 Å². The van der Waals surface area contributed by atoms with Gasteiger partial charge in [0.2, 0.25) is 5.91 Å². The first-order valence-electron chi connectivity index (χ1n) is 9.28. The van der Waals surface area contributed by atoms with Gasteiger partial charge in [-0.05, 0) is 49.4 Å². The number of halogens is 1. The Kier molecular flexibility index (Phi) is 7.84. The van der Waals surface area contributed by atoms with Gasteiger partial charge in [0.1, 0.15) is 0 Å².